The summed E-state index contributed by atoms with van der Waals surface area (Å²) in [5.74, 6) is 0.325. The van der Waals surface area contributed by atoms with Crippen molar-refractivity contribution in [3.63, 3.8) is 0 Å². The minimum absolute atomic E-state index is 0.0123. The summed E-state index contributed by atoms with van der Waals surface area (Å²) in [5.41, 5.74) is 1.69. The molecule has 152 valence electrons. The van der Waals surface area contributed by atoms with Crippen molar-refractivity contribution in [3.05, 3.63) is 48.2 Å². The van der Waals surface area contributed by atoms with Crippen molar-refractivity contribution >= 4 is 29.3 Å². The number of anilines is 1. The van der Waals surface area contributed by atoms with E-state index in [0.717, 1.165) is 5.56 Å². The number of carbonyl (C=O) groups is 2. The molecule has 9 heteroatoms. The van der Waals surface area contributed by atoms with Crippen molar-refractivity contribution in [2.75, 3.05) is 11.1 Å². The summed E-state index contributed by atoms with van der Waals surface area (Å²) in [5, 5.41) is 11.6. The molecule has 0 bridgehead atoms. The number of nitrogens with zero attached hydrogens (tertiary/aromatic N) is 3. The van der Waals surface area contributed by atoms with Crippen LogP contribution in [0.5, 0.6) is 0 Å². The molecule has 0 aliphatic rings. The van der Waals surface area contributed by atoms with E-state index in [2.05, 4.69) is 15.5 Å². The lowest BCUT2D eigenvalue weighted by atomic mass is 10.2. The average Bonchev–Trinajstić information content (AvgIpc) is 3.35. The van der Waals surface area contributed by atoms with Crippen LogP contribution < -0.4 is 5.32 Å². The van der Waals surface area contributed by atoms with Gasteiger partial charge in [-0.3, -0.25) is 14.2 Å². The fraction of sp³-hybridized carbons (Fsp3) is 0.300. The fourth-order valence-electron chi connectivity index (χ4n) is 2.64. The maximum Gasteiger partial charge on any atom is 0.317 e. The molecule has 1 atom stereocenters. The number of esters is 1. The van der Waals surface area contributed by atoms with Gasteiger partial charge in [-0.1, -0.05) is 23.9 Å². The molecule has 0 fully saturated rings. The Labute approximate surface area is 172 Å². The van der Waals surface area contributed by atoms with Crippen molar-refractivity contribution in [1.29, 1.82) is 0 Å². The fourth-order valence-corrected chi connectivity index (χ4v) is 3.43. The van der Waals surface area contributed by atoms with Gasteiger partial charge < -0.3 is 14.5 Å². The number of nitrogens with one attached hydrogen (secondary N) is 1. The van der Waals surface area contributed by atoms with E-state index in [-0.39, 0.29) is 11.7 Å². The number of aryl methyl sites for hydroxylation is 1. The molecule has 0 unspecified atom stereocenters. The van der Waals surface area contributed by atoms with Crippen LogP contribution in [0.4, 0.5) is 5.69 Å². The molecule has 0 saturated carbocycles. The summed E-state index contributed by atoms with van der Waals surface area (Å²) in [6, 6.07) is 11.0. The average molecular weight is 414 g/mol. The largest absolute Gasteiger partial charge is 0.461 e. The molecule has 1 aromatic carbocycles. The topological polar surface area (TPSA) is 99.2 Å². The second-order valence-electron chi connectivity index (χ2n) is 6.31. The van der Waals surface area contributed by atoms with Crippen LogP contribution in [0.15, 0.2) is 52.2 Å². The predicted molar refractivity (Wildman–Crippen MR) is 109 cm³/mol. The molecule has 2 aromatic heterocycles. The van der Waals surface area contributed by atoms with Gasteiger partial charge in [0.25, 0.3) is 5.91 Å². The number of furan rings is 1. The summed E-state index contributed by atoms with van der Waals surface area (Å²) in [6.07, 6.45) is 0.656. The number of carbonyl (C=O) groups excluding carboxylic acids is 2. The second-order valence-corrected chi connectivity index (χ2v) is 7.25. The summed E-state index contributed by atoms with van der Waals surface area (Å²) < 4.78 is 12.5. The van der Waals surface area contributed by atoms with Gasteiger partial charge in [0.1, 0.15) is 0 Å². The van der Waals surface area contributed by atoms with Gasteiger partial charge in [-0.25, -0.2) is 0 Å². The van der Waals surface area contributed by atoms with Crippen molar-refractivity contribution in [1.82, 2.24) is 14.8 Å². The Bertz CT molecular complexity index is 984. The van der Waals surface area contributed by atoms with Gasteiger partial charge in [-0.2, -0.15) is 0 Å². The zero-order chi connectivity index (χ0) is 20.8. The maximum atomic E-state index is 12.2. The van der Waals surface area contributed by atoms with Crippen LogP contribution in [0.25, 0.3) is 11.6 Å². The van der Waals surface area contributed by atoms with E-state index in [4.69, 9.17) is 9.15 Å². The number of benzene rings is 1. The quantitative estimate of drug-likeness (QED) is 0.445. The maximum absolute atomic E-state index is 12.2. The highest BCUT2D eigenvalue weighted by molar-refractivity contribution is 7.99. The molecule has 3 rings (SSSR count). The molecule has 0 radical (unpaired) electrons. The highest BCUT2D eigenvalue weighted by Gasteiger charge is 2.20. The zero-order valence-corrected chi connectivity index (χ0v) is 17.2. The minimum atomic E-state index is -0.911. The Balaban J connectivity index is 1.54. The van der Waals surface area contributed by atoms with Crippen molar-refractivity contribution in [2.45, 2.75) is 38.6 Å². The standard InChI is InChI=1S/C20H22N4O4S/c1-4-24-18(16-9-6-10-27-16)22-23-20(24)29-12-17(25)28-14(3)19(26)21-15-8-5-7-13(2)11-15/h5-11,14H,4,12H2,1-3H3,(H,21,26)/t14-/m0/s1. The number of aromatic nitrogens is 3. The molecule has 3 aromatic rings. The minimum Gasteiger partial charge on any atom is -0.461 e. The SMILES string of the molecule is CCn1c(SCC(=O)O[C@@H](C)C(=O)Nc2cccc(C)c2)nnc1-c1ccco1. The number of hydrogen-bond donors (Lipinski definition) is 1. The molecular weight excluding hydrogens is 392 g/mol. The molecular formula is C20H22N4O4S. The molecule has 0 saturated heterocycles. The molecule has 0 aliphatic carbocycles. The number of amides is 1. The Kier molecular flexibility index (Phi) is 6.71. The molecule has 1 amide bonds. The van der Waals surface area contributed by atoms with E-state index < -0.39 is 12.1 Å². The van der Waals surface area contributed by atoms with E-state index in [1.807, 2.05) is 36.6 Å². The Morgan fingerprint density at radius 1 is 1.28 bits per heavy atom. The Morgan fingerprint density at radius 2 is 2.10 bits per heavy atom. The van der Waals surface area contributed by atoms with Gasteiger partial charge in [0.2, 0.25) is 0 Å². The molecule has 29 heavy (non-hydrogen) atoms. The monoisotopic (exact) mass is 414 g/mol. The highest BCUT2D eigenvalue weighted by atomic mass is 32.2. The van der Waals surface area contributed by atoms with Crippen LogP contribution >= 0.6 is 11.8 Å². The van der Waals surface area contributed by atoms with Crippen LogP contribution in [0.3, 0.4) is 0 Å². The first kappa shape index (κ1) is 20.7. The van der Waals surface area contributed by atoms with Crippen molar-refractivity contribution in [2.24, 2.45) is 0 Å². The van der Waals surface area contributed by atoms with Gasteiger partial charge in [0.15, 0.2) is 22.8 Å². The van der Waals surface area contributed by atoms with E-state index in [9.17, 15) is 9.59 Å². The van der Waals surface area contributed by atoms with E-state index >= 15 is 0 Å². The molecule has 8 nitrogen and oxygen atoms in total. The van der Waals surface area contributed by atoms with Crippen LogP contribution in [-0.2, 0) is 20.9 Å². The first-order valence-electron chi connectivity index (χ1n) is 9.14. The predicted octanol–water partition coefficient (Wildman–Crippen LogP) is 3.53. The van der Waals surface area contributed by atoms with Gasteiger partial charge >= 0.3 is 5.97 Å². The number of hydrogen-bond acceptors (Lipinski definition) is 7. The number of rotatable bonds is 8. The molecule has 0 spiro atoms. The molecule has 2 heterocycles. The number of thioether (sulfide) groups is 1. The third-order valence-electron chi connectivity index (χ3n) is 4.06. The third kappa shape index (κ3) is 5.26. The Hall–Kier alpha value is -3.07. The molecule has 1 N–H and O–H groups in total. The lowest BCUT2D eigenvalue weighted by Crippen LogP contribution is -2.30. The Morgan fingerprint density at radius 3 is 2.79 bits per heavy atom. The van der Waals surface area contributed by atoms with Crippen LogP contribution in [0.2, 0.25) is 0 Å². The van der Waals surface area contributed by atoms with E-state index in [1.54, 1.807) is 24.5 Å². The second kappa shape index (κ2) is 9.42. The highest BCUT2D eigenvalue weighted by Crippen LogP contribution is 2.24. The summed E-state index contributed by atoms with van der Waals surface area (Å²) >= 11 is 1.20. The summed E-state index contributed by atoms with van der Waals surface area (Å²) in [6.45, 7) is 6.05. The summed E-state index contributed by atoms with van der Waals surface area (Å²) in [4.78, 5) is 24.4. The molecule has 0 aliphatic heterocycles. The zero-order valence-electron chi connectivity index (χ0n) is 16.4. The van der Waals surface area contributed by atoms with Gasteiger partial charge in [-0.15, -0.1) is 10.2 Å². The smallest absolute Gasteiger partial charge is 0.317 e. The van der Waals surface area contributed by atoms with Crippen LogP contribution in [-0.4, -0.2) is 38.5 Å². The normalized spacial score (nSPS) is 11.8. The first-order chi connectivity index (χ1) is 14.0. The van der Waals surface area contributed by atoms with Crippen molar-refractivity contribution in [3.8, 4) is 11.6 Å². The van der Waals surface area contributed by atoms with Crippen molar-refractivity contribution < 1.29 is 18.7 Å². The van der Waals surface area contributed by atoms with Gasteiger partial charge in [0.05, 0.1) is 12.0 Å². The summed E-state index contributed by atoms with van der Waals surface area (Å²) in [7, 11) is 0. The van der Waals surface area contributed by atoms with E-state index in [0.29, 0.717) is 29.0 Å². The third-order valence-corrected chi connectivity index (χ3v) is 5.00. The lowest BCUT2D eigenvalue weighted by molar-refractivity contribution is -0.150. The van der Waals surface area contributed by atoms with Gasteiger partial charge in [0, 0.05) is 12.2 Å². The van der Waals surface area contributed by atoms with Gasteiger partial charge in [-0.05, 0) is 50.6 Å². The van der Waals surface area contributed by atoms with Crippen LogP contribution in [0.1, 0.15) is 19.4 Å². The number of ether oxygens (including phenoxy) is 1. The lowest BCUT2D eigenvalue weighted by Gasteiger charge is -2.13. The van der Waals surface area contributed by atoms with E-state index in [1.165, 1.54) is 18.7 Å². The first-order valence-corrected chi connectivity index (χ1v) is 10.1. The van der Waals surface area contributed by atoms with Crippen LogP contribution in [0, 0.1) is 6.92 Å².